The Morgan fingerprint density at radius 2 is 2.31 bits per heavy atom. The minimum Gasteiger partial charge on any atom is -0.354 e. The van der Waals surface area contributed by atoms with E-state index in [2.05, 4.69) is 24.5 Å². The zero-order valence-corrected chi connectivity index (χ0v) is 11.4. The Kier molecular flexibility index (Phi) is 6.21. The largest absolute Gasteiger partial charge is 0.354 e. The van der Waals surface area contributed by atoms with E-state index in [1.807, 2.05) is 18.7 Å². The quantitative estimate of drug-likeness (QED) is 0.748. The van der Waals surface area contributed by atoms with E-state index in [0.717, 1.165) is 13.0 Å². The minimum absolute atomic E-state index is 0.167. The van der Waals surface area contributed by atoms with Crippen LogP contribution in [0.1, 0.15) is 40.0 Å². The summed E-state index contributed by atoms with van der Waals surface area (Å²) in [7, 11) is 0. The molecule has 3 unspecified atom stereocenters. The molecule has 1 amide bonds. The summed E-state index contributed by atoms with van der Waals surface area (Å²) in [5.74, 6) is 1.41. The summed E-state index contributed by atoms with van der Waals surface area (Å²) >= 11 is 2.02. The SMILES string of the molecule is CCC(C)NC(=O)CCNC1CCSC1C. The lowest BCUT2D eigenvalue weighted by molar-refractivity contribution is -0.121. The molecule has 1 aliphatic rings. The first kappa shape index (κ1) is 13.8. The van der Waals surface area contributed by atoms with Gasteiger partial charge in [-0.25, -0.2) is 0 Å². The van der Waals surface area contributed by atoms with E-state index in [1.54, 1.807) is 0 Å². The van der Waals surface area contributed by atoms with Gasteiger partial charge in [-0.2, -0.15) is 11.8 Å². The van der Waals surface area contributed by atoms with Crippen molar-refractivity contribution in [1.82, 2.24) is 10.6 Å². The fourth-order valence-electron chi connectivity index (χ4n) is 1.82. The van der Waals surface area contributed by atoms with E-state index in [0.29, 0.717) is 23.8 Å². The number of hydrogen-bond donors (Lipinski definition) is 2. The Morgan fingerprint density at radius 1 is 1.56 bits per heavy atom. The molecule has 1 heterocycles. The molecule has 3 atom stereocenters. The smallest absolute Gasteiger partial charge is 0.221 e. The molecule has 0 aromatic rings. The van der Waals surface area contributed by atoms with Gasteiger partial charge in [0, 0.05) is 30.3 Å². The van der Waals surface area contributed by atoms with Crippen LogP contribution in [0.25, 0.3) is 0 Å². The molecule has 1 rings (SSSR count). The predicted octanol–water partition coefficient (Wildman–Crippen LogP) is 1.77. The number of rotatable bonds is 6. The Hall–Kier alpha value is -0.220. The summed E-state index contributed by atoms with van der Waals surface area (Å²) in [4.78, 5) is 11.5. The zero-order valence-electron chi connectivity index (χ0n) is 10.6. The van der Waals surface area contributed by atoms with Gasteiger partial charge in [-0.1, -0.05) is 13.8 Å². The third kappa shape index (κ3) is 4.74. The van der Waals surface area contributed by atoms with E-state index in [4.69, 9.17) is 0 Å². The van der Waals surface area contributed by atoms with Crippen LogP contribution in [0.2, 0.25) is 0 Å². The van der Waals surface area contributed by atoms with Crippen LogP contribution in [0.5, 0.6) is 0 Å². The molecule has 0 bridgehead atoms. The Morgan fingerprint density at radius 3 is 2.88 bits per heavy atom. The number of carbonyl (C=O) groups excluding carboxylic acids is 1. The van der Waals surface area contributed by atoms with Gasteiger partial charge in [0.2, 0.25) is 5.91 Å². The van der Waals surface area contributed by atoms with Crippen molar-refractivity contribution >= 4 is 17.7 Å². The fraction of sp³-hybridized carbons (Fsp3) is 0.917. The number of carbonyl (C=O) groups is 1. The molecule has 94 valence electrons. The Balaban J connectivity index is 2.08. The highest BCUT2D eigenvalue weighted by Crippen LogP contribution is 2.25. The highest BCUT2D eigenvalue weighted by Gasteiger charge is 2.23. The second-order valence-corrected chi connectivity index (χ2v) is 6.04. The molecule has 0 saturated carbocycles. The van der Waals surface area contributed by atoms with Crippen molar-refractivity contribution in [2.45, 2.75) is 57.4 Å². The van der Waals surface area contributed by atoms with Crippen LogP contribution in [-0.2, 0) is 4.79 Å². The van der Waals surface area contributed by atoms with Crippen molar-refractivity contribution in [3.05, 3.63) is 0 Å². The van der Waals surface area contributed by atoms with Crippen LogP contribution < -0.4 is 10.6 Å². The van der Waals surface area contributed by atoms with E-state index in [1.165, 1.54) is 12.2 Å². The summed E-state index contributed by atoms with van der Waals surface area (Å²) in [5, 5.41) is 7.15. The molecule has 0 aromatic carbocycles. The van der Waals surface area contributed by atoms with Crippen LogP contribution in [-0.4, -0.2) is 35.5 Å². The van der Waals surface area contributed by atoms with Crippen LogP contribution >= 0.6 is 11.8 Å². The third-order valence-electron chi connectivity index (χ3n) is 3.15. The van der Waals surface area contributed by atoms with Crippen molar-refractivity contribution in [3.63, 3.8) is 0 Å². The molecule has 1 aliphatic heterocycles. The maximum absolute atomic E-state index is 11.5. The number of thioether (sulfide) groups is 1. The van der Waals surface area contributed by atoms with Crippen LogP contribution in [0, 0.1) is 0 Å². The molecule has 3 nitrogen and oxygen atoms in total. The van der Waals surface area contributed by atoms with Crippen molar-refractivity contribution in [1.29, 1.82) is 0 Å². The van der Waals surface area contributed by atoms with Crippen molar-refractivity contribution in [2.75, 3.05) is 12.3 Å². The van der Waals surface area contributed by atoms with Crippen molar-refractivity contribution < 1.29 is 4.79 Å². The molecule has 1 saturated heterocycles. The lowest BCUT2D eigenvalue weighted by Gasteiger charge is -2.17. The molecule has 1 fully saturated rings. The van der Waals surface area contributed by atoms with Crippen molar-refractivity contribution in [3.8, 4) is 0 Å². The van der Waals surface area contributed by atoms with Gasteiger partial charge in [-0.15, -0.1) is 0 Å². The highest BCUT2D eigenvalue weighted by atomic mass is 32.2. The summed E-state index contributed by atoms with van der Waals surface area (Å²) in [6.45, 7) is 7.19. The molecule has 4 heteroatoms. The van der Waals surface area contributed by atoms with Gasteiger partial charge in [-0.05, 0) is 25.5 Å². The maximum Gasteiger partial charge on any atom is 0.221 e. The maximum atomic E-state index is 11.5. The highest BCUT2D eigenvalue weighted by molar-refractivity contribution is 8.00. The molecule has 16 heavy (non-hydrogen) atoms. The van der Waals surface area contributed by atoms with E-state index in [-0.39, 0.29) is 5.91 Å². The molecular weight excluding hydrogens is 220 g/mol. The average Bonchev–Trinajstić information content (AvgIpc) is 2.64. The summed E-state index contributed by atoms with van der Waals surface area (Å²) < 4.78 is 0. The summed E-state index contributed by atoms with van der Waals surface area (Å²) in [6.07, 6.45) is 2.83. The number of nitrogens with one attached hydrogen (secondary N) is 2. The first-order valence-electron chi connectivity index (χ1n) is 6.27. The van der Waals surface area contributed by atoms with Gasteiger partial charge in [0.1, 0.15) is 0 Å². The average molecular weight is 244 g/mol. The fourth-order valence-corrected chi connectivity index (χ4v) is 3.05. The molecule has 0 aliphatic carbocycles. The first-order valence-corrected chi connectivity index (χ1v) is 7.32. The molecule has 2 N–H and O–H groups in total. The Bertz CT molecular complexity index is 223. The van der Waals surface area contributed by atoms with E-state index in [9.17, 15) is 4.79 Å². The van der Waals surface area contributed by atoms with Crippen LogP contribution in [0.4, 0.5) is 0 Å². The van der Waals surface area contributed by atoms with Crippen LogP contribution in [0.3, 0.4) is 0 Å². The normalized spacial score (nSPS) is 26.7. The van der Waals surface area contributed by atoms with Gasteiger partial charge in [0.05, 0.1) is 0 Å². The molecule has 0 radical (unpaired) electrons. The van der Waals surface area contributed by atoms with Gasteiger partial charge in [0.25, 0.3) is 0 Å². The number of amides is 1. The lowest BCUT2D eigenvalue weighted by Crippen LogP contribution is -2.38. The van der Waals surface area contributed by atoms with Crippen LogP contribution in [0.15, 0.2) is 0 Å². The van der Waals surface area contributed by atoms with Gasteiger partial charge in [0.15, 0.2) is 0 Å². The number of hydrogen-bond acceptors (Lipinski definition) is 3. The molecule has 0 spiro atoms. The molecule has 0 aromatic heterocycles. The monoisotopic (exact) mass is 244 g/mol. The minimum atomic E-state index is 0.167. The first-order chi connectivity index (χ1) is 7.63. The summed E-state index contributed by atoms with van der Waals surface area (Å²) in [5.41, 5.74) is 0. The van der Waals surface area contributed by atoms with E-state index < -0.39 is 0 Å². The van der Waals surface area contributed by atoms with Gasteiger partial charge >= 0.3 is 0 Å². The molecular formula is C12H24N2OS. The standard InChI is InChI=1S/C12H24N2OS/c1-4-9(2)14-12(15)5-7-13-11-6-8-16-10(11)3/h9-11,13H,4-8H2,1-3H3,(H,14,15). The van der Waals surface area contributed by atoms with E-state index >= 15 is 0 Å². The summed E-state index contributed by atoms with van der Waals surface area (Å²) in [6, 6.07) is 0.898. The van der Waals surface area contributed by atoms with Gasteiger partial charge in [-0.3, -0.25) is 4.79 Å². The second-order valence-electron chi connectivity index (χ2n) is 4.55. The zero-order chi connectivity index (χ0) is 12.0. The Labute approximate surface area is 103 Å². The predicted molar refractivity (Wildman–Crippen MR) is 70.8 cm³/mol. The second kappa shape index (κ2) is 7.17. The topological polar surface area (TPSA) is 41.1 Å². The van der Waals surface area contributed by atoms with Crippen molar-refractivity contribution in [2.24, 2.45) is 0 Å². The van der Waals surface area contributed by atoms with Gasteiger partial charge < -0.3 is 10.6 Å². The lowest BCUT2D eigenvalue weighted by atomic mass is 10.1. The third-order valence-corrected chi connectivity index (χ3v) is 4.48.